The summed E-state index contributed by atoms with van der Waals surface area (Å²) in [5.74, 6) is 0. The molecule has 3 rings (SSSR count). The Morgan fingerprint density at radius 3 is 2.67 bits per heavy atom. The van der Waals surface area contributed by atoms with Crippen molar-refractivity contribution in [2.45, 2.75) is 32.4 Å². The van der Waals surface area contributed by atoms with Crippen LogP contribution in [0, 0.1) is 0 Å². The maximum absolute atomic E-state index is 12.5. The predicted octanol–water partition coefficient (Wildman–Crippen LogP) is 1.34. The highest BCUT2D eigenvalue weighted by atomic mass is 19.1. The Balaban J connectivity index is 1.46. The molecule has 27 heavy (non-hydrogen) atoms. The van der Waals surface area contributed by atoms with Crippen LogP contribution in [0.5, 0.6) is 0 Å². The molecule has 0 N–H and O–H groups in total. The lowest BCUT2D eigenvalue weighted by Crippen LogP contribution is -2.41. The maximum atomic E-state index is 12.5. The van der Waals surface area contributed by atoms with E-state index in [-0.39, 0.29) is 6.54 Å². The molecular weight excluding hydrogens is 349 g/mol. The van der Waals surface area contributed by atoms with Crippen LogP contribution in [0.1, 0.15) is 25.0 Å². The standard InChI is InChI=1S/C19H24FN5O2/c20-8-14-24-18(26)15-22-25(19(24)27)11-4-3-10-23-12-6-16(7-13-23)17-5-1-2-9-21-17/h1-2,5-6,9,15H,3-4,7-8,10-14H2. The van der Waals surface area contributed by atoms with Gasteiger partial charge in [-0.25, -0.2) is 13.9 Å². The summed E-state index contributed by atoms with van der Waals surface area (Å²) in [4.78, 5) is 30.4. The number of hydrogen-bond acceptors (Lipinski definition) is 5. The van der Waals surface area contributed by atoms with Gasteiger partial charge in [-0.1, -0.05) is 12.1 Å². The van der Waals surface area contributed by atoms with E-state index >= 15 is 0 Å². The summed E-state index contributed by atoms with van der Waals surface area (Å²) < 4.78 is 14.6. The lowest BCUT2D eigenvalue weighted by molar-refractivity contribution is 0.290. The minimum Gasteiger partial charge on any atom is -0.299 e. The van der Waals surface area contributed by atoms with Crippen molar-refractivity contribution in [2.75, 3.05) is 26.3 Å². The van der Waals surface area contributed by atoms with Gasteiger partial charge in [0.1, 0.15) is 12.9 Å². The predicted molar refractivity (Wildman–Crippen MR) is 101 cm³/mol. The summed E-state index contributed by atoms with van der Waals surface area (Å²) in [6.07, 6.45) is 7.79. The van der Waals surface area contributed by atoms with Gasteiger partial charge in [0.25, 0.3) is 5.56 Å². The van der Waals surface area contributed by atoms with Crippen molar-refractivity contribution < 1.29 is 4.39 Å². The number of aromatic nitrogens is 4. The fourth-order valence-electron chi connectivity index (χ4n) is 3.21. The van der Waals surface area contributed by atoms with Gasteiger partial charge in [-0.3, -0.25) is 19.2 Å². The van der Waals surface area contributed by atoms with Crippen molar-refractivity contribution in [3.8, 4) is 0 Å². The first-order valence-electron chi connectivity index (χ1n) is 9.25. The van der Waals surface area contributed by atoms with E-state index in [4.69, 9.17) is 0 Å². The number of nitrogens with zero attached hydrogens (tertiary/aromatic N) is 5. The Hall–Kier alpha value is -2.61. The van der Waals surface area contributed by atoms with Crippen LogP contribution in [-0.4, -0.2) is 50.5 Å². The summed E-state index contributed by atoms with van der Waals surface area (Å²) in [6.45, 7) is 2.27. The molecule has 0 radical (unpaired) electrons. The van der Waals surface area contributed by atoms with E-state index in [0.29, 0.717) is 6.54 Å². The van der Waals surface area contributed by atoms with Gasteiger partial charge in [0.05, 0.1) is 12.2 Å². The van der Waals surface area contributed by atoms with E-state index < -0.39 is 17.9 Å². The zero-order chi connectivity index (χ0) is 19.1. The van der Waals surface area contributed by atoms with Gasteiger partial charge in [-0.05, 0) is 43.5 Å². The SMILES string of the molecule is O=c1cnn(CCCCN2CC=C(c3ccccn3)CC2)c(=O)n1CCF. The fraction of sp³-hybridized carbons (Fsp3) is 0.474. The molecule has 0 saturated carbocycles. The fourth-order valence-corrected chi connectivity index (χ4v) is 3.21. The van der Waals surface area contributed by atoms with Crippen LogP contribution in [0.15, 0.2) is 46.3 Å². The van der Waals surface area contributed by atoms with Gasteiger partial charge in [0.15, 0.2) is 0 Å². The van der Waals surface area contributed by atoms with Gasteiger partial charge in [0.2, 0.25) is 0 Å². The Bertz CT molecular complexity index is 891. The number of rotatable bonds is 8. The molecule has 0 amide bonds. The van der Waals surface area contributed by atoms with E-state index in [2.05, 4.69) is 21.1 Å². The second-order valence-electron chi connectivity index (χ2n) is 6.53. The molecule has 0 bridgehead atoms. The van der Waals surface area contributed by atoms with E-state index in [0.717, 1.165) is 55.4 Å². The number of aryl methyl sites for hydroxylation is 1. The van der Waals surface area contributed by atoms with Crippen molar-refractivity contribution in [1.82, 2.24) is 24.2 Å². The number of unbranched alkanes of at least 4 members (excludes halogenated alkanes) is 1. The smallest absolute Gasteiger partial charge is 0.299 e. The largest absolute Gasteiger partial charge is 0.347 e. The minimum absolute atomic E-state index is 0.223. The van der Waals surface area contributed by atoms with E-state index in [1.165, 1.54) is 10.3 Å². The lowest BCUT2D eigenvalue weighted by atomic mass is 10.0. The molecule has 0 saturated heterocycles. The molecule has 1 aliphatic heterocycles. The second kappa shape index (κ2) is 9.36. The quantitative estimate of drug-likeness (QED) is 0.653. The van der Waals surface area contributed by atoms with Crippen LogP contribution in [0.25, 0.3) is 5.57 Å². The van der Waals surface area contributed by atoms with Gasteiger partial charge < -0.3 is 0 Å². The highest BCUT2D eigenvalue weighted by molar-refractivity contribution is 5.63. The number of hydrogen-bond donors (Lipinski definition) is 0. The Morgan fingerprint density at radius 2 is 1.96 bits per heavy atom. The molecule has 0 aliphatic carbocycles. The van der Waals surface area contributed by atoms with Crippen molar-refractivity contribution in [2.24, 2.45) is 0 Å². The normalized spacial score (nSPS) is 14.9. The van der Waals surface area contributed by atoms with Gasteiger partial charge in [-0.15, -0.1) is 0 Å². The van der Waals surface area contributed by atoms with Gasteiger partial charge >= 0.3 is 5.69 Å². The summed E-state index contributed by atoms with van der Waals surface area (Å²) in [5, 5.41) is 3.87. The summed E-state index contributed by atoms with van der Waals surface area (Å²) in [6, 6.07) is 5.96. The molecule has 0 atom stereocenters. The topological polar surface area (TPSA) is 73.0 Å². The van der Waals surface area contributed by atoms with E-state index in [1.54, 1.807) is 0 Å². The Labute approximate surface area is 156 Å². The average Bonchev–Trinajstić information content (AvgIpc) is 2.71. The van der Waals surface area contributed by atoms with Crippen molar-refractivity contribution in [3.63, 3.8) is 0 Å². The molecule has 2 aromatic rings. The molecule has 144 valence electrons. The van der Waals surface area contributed by atoms with Crippen LogP contribution in [0.2, 0.25) is 0 Å². The molecule has 3 heterocycles. The third kappa shape index (κ3) is 4.97. The zero-order valence-electron chi connectivity index (χ0n) is 15.3. The maximum Gasteiger partial charge on any atom is 0.347 e. The summed E-state index contributed by atoms with van der Waals surface area (Å²) in [7, 11) is 0. The van der Waals surface area contributed by atoms with Crippen LogP contribution >= 0.6 is 0 Å². The Morgan fingerprint density at radius 1 is 1.11 bits per heavy atom. The molecule has 0 spiro atoms. The summed E-state index contributed by atoms with van der Waals surface area (Å²) in [5.41, 5.74) is 1.24. The van der Waals surface area contributed by atoms with E-state index in [9.17, 15) is 14.0 Å². The third-order valence-corrected chi connectivity index (χ3v) is 4.71. The first-order valence-corrected chi connectivity index (χ1v) is 9.25. The summed E-state index contributed by atoms with van der Waals surface area (Å²) >= 11 is 0. The highest BCUT2D eigenvalue weighted by Gasteiger charge is 2.13. The molecule has 0 aromatic carbocycles. The average molecular weight is 373 g/mol. The lowest BCUT2D eigenvalue weighted by Gasteiger charge is -2.26. The van der Waals surface area contributed by atoms with Crippen molar-refractivity contribution in [3.05, 3.63) is 63.2 Å². The number of pyridine rings is 1. The zero-order valence-corrected chi connectivity index (χ0v) is 15.3. The van der Waals surface area contributed by atoms with Crippen molar-refractivity contribution >= 4 is 5.57 Å². The molecule has 0 unspecified atom stereocenters. The second-order valence-corrected chi connectivity index (χ2v) is 6.53. The minimum atomic E-state index is -0.748. The van der Waals surface area contributed by atoms with E-state index in [1.807, 2.05) is 24.4 Å². The Kier molecular flexibility index (Phi) is 6.64. The van der Waals surface area contributed by atoms with Crippen LogP contribution in [0.3, 0.4) is 0 Å². The first-order chi connectivity index (χ1) is 13.2. The number of halogens is 1. The molecule has 0 fully saturated rings. The molecule has 2 aromatic heterocycles. The van der Waals surface area contributed by atoms with Crippen LogP contribution < -0.4 is 11.2 Å². The third-order valence-electron chi connectivity index (χ3n) is 4.71. The van der Waals surface area contributed by atoms with Crippen molar-refractivity contribution in [1.29, 1.82) is 0 Å². The van der Waals surface area contributed by atoms with Gasteiger partial charge in [0, 0.05) is 25.8 Å². The molecule has 8 heteroatoms. The number of alkyl halides is 1. The van der Waals surface area contributed by atoms with Crippen LogP contribution in [0.4, 0.5) is 4.39 Å². The molecular formula is C19H24FN5O2. The van der Waals surface area contributed by atoms with Crippen LogP contribution in [-0.2, 0) is 13.1 Å². The molecule has 1 aliphatic rings. The molecule has 7 nitrogen and oxygen atoms in total. The first kappa shape index (κ1) is 19.2. The van der Waals surface area contributed by atoms with Gasteiger partial charge in [-0.2, -0.15) is 5.10 Å². The highest BCUT2D eigenvalue weighted by Crippen LogP contribution is 2.20. The monoisotopic (exact) mass is 373 g/mol.